The first-order valence-electron chi connectivity index (χ1n) is 8.35. The van der Waals surface area contributed by atoms with Crippen molar-refractivity contribution in [2.45, 2.75) is 20.0 Å². The van der Waals surface area contributed by atoms with Crippen LogP contribution in [-0.2, 0) is 4.74 Å². The Hall–Kier alpha value is -2.67. The molecule has 2 aromatic heterocycles. The van der Waals surface area contributed by atoms with Crippen LogP contribution in [0.4, 0.5) is 11.5 Å². The largest absolute Gasteiger partial charge is 0.475 e. The van der Waals surface area contributed by atoms with E-state index in [0.29, 0.717) is 36.1 Å². The van der Waals surface area contributed by atoms with Gasteiger partial charge < -0.3 is 20.1 Å². The molecule has 3 rings (SSSR count). The molecule has 0 radical (unpaired) electrons. The summed E-state index contributed by atoms with van der Waals surface area (Å²) >= 11 is 0. The van der Waals surface area contributed by atoms with E-state index in [4.69, 9.17) is 20.6 Å². The van der Waals surface area contributed by atoms with E-state index in [0.717, 1.165) is 24.5 Å². The number of aromatic nitrogens is 2. The smallest absolute Gasteiger partial charge is 0.214 e. The van der Waals surface area contributed by atoms with E-state index in [1.165, 1.54) is 6.20 Å². The second-order valence-electron chi connectivity index (χ2n) is 6.15. The Balaban J connectivity index is 1.87. The Morgan fingerprint density at radius 3 is 2.76 bits per heavy atom. The molecule has 1 aliphatic heterocycles. The Morgan fingerprint density at radius 2 is 2.04 bits per heavy atom. The van der Waals surface area contributed by atoms with Gasteiger partial charge in [-0.15, -0.1) is 0 Å². The summed E-state index contributed by atoms with van der Waals surface area (Å²) in [4.78, 5) is 10.7. The first kappa shape index (κ1) is 17.2. The van der Waals surface area contributed by atoms with Crippen LogP contribution in [0.2, 0.25) is 0 Å². The van der Waals surface area contributed by atoms with Crippen LogP contribution in [0.1, 0.15) is 25.0 Å². The van der Waals surface area contributed by atoms with Gasteiger partial charge in [0.25, 0.3) is 0 Å². The third kappa shape index (κ3) is 4.06. The summed E-state index contributed by atoms with van der Waals surface area (Å²) in [6, 6.07) is 5.44. The van der Waals surface area contributed by atoms with Crippen LogP contribution in [0.3, 0.4) is 0 Å². The predicted octanol–water partition coefficient (Wildman–Crippen LogP) is 2.10. The average molecular weight is 341 g/mol. The lowest BCUT2D eigenvalue weighted by Crippen LogP contribution is -2.36. The zero-order valence-electron chi connectivity index (χ0n) is 14.5. The number of nitrogens with one attached hydrogen (secondary N) is 1. The van der Waals surface area contributed by atoms with E-state index in [-0.39, 0.29) is 6.10 Å². The highest BCUT2D eigenvalue weighted by Crippen LogP contribution is 2.23. The van der Waals surface area contributed by atoms with Gasteiger partial charge in [-0.3, -0.25) is 5.41 Å². The van der Waals surface area contributed by atoms with E-state index in [9.17, 15) is 0 Å². The normalized spacial score (nSPS) is 14.6. The molecule has 0 unspecified atom stereocenters. The lowest BCUT2D eigenvalue weighted by molar-refractivity contribution is 0.122. The number of hydrogen-bond acceptors (Lipinski definition) is 7. The number of anilines is 2. The van der Waals surface area contributed by atoms with Crippen LogP contribution in [0.25, 0.3) is 0 Å². The molecule has 0 aliphatic carbocycles. The highest BCUT2D eigenvalue weighted by molar-refractivity contribution is 6.14. The van der Waals surface area contributed by atoms with Crippen molar-refractivity contribution in [3.63, 3.8) is 0 Å². The molecule has 0 saturated carbocycles. The predicted molar refractivity (Wildman–Crippen MR) is 97.6 cm³/mol. The highest BCUT2D eigenvalue weighted by Gasteiger charge is 2.16. The van der Waals surface area contributed by atoms with Crippen LogP contribution in [-0.4, -0.2) is 48.1 Å². The SMILES string of the molecule is CC(C)Oc1cc(C(=N)c2ccnc(N3CCOCC3)c2)c(N)cn1. The molecule has 132 valence electrons. The fourth-order valence-electron chi connectivity index (χ4n) is 2.66. The van der Waals surface area contributed by atoms with Gasteiger partial charge in [-0.05, 0) is 26.0 Å². The van der Waals surface area contributed by atoms with Gasteiger partial charge in [-0.2, -0.15) is 0 Å². The molecule has 3 N–H and O–H groups in total. The van der Waals surface area contributed by atoms with Crippen molar-refractivity contribution in [3.8, 4) is 5.88 Å². The minimum Gasteiger partial charge on any atom is -0.475 e. The molecule has 0 aromatic carbocycles. The number of ether oxygens (including phenoxy) is 2. The summed E-state index contributed by atoms with van der Waals surface area (Å²) in [5, 5.41) is 8.57. The molecular formula is C18H23N5O2. The molecule has 1 aliphatic rings. The monoisotopic (exact) mass is 341 g/mol. The highest BCUT2D eigenvalue weighted by atomic mass is 16.5. The van der Waals surface area contributed by atoms with Crippen molar-refractivity contribution in [1.82, 2.24) is 9.97 Å². The van der Waals surface area contributed by atoms with Crippen molar-refractivity contribution < 1.29 is 9.47 Å². The molecule has 7 heteroatoms. The molecule has 7 nitrogen and oxygen atoms in total. The number of morpholine rings is 1. The second-order valence-corrected chi connectivity index (χ2v) is 6.15. The minimum atomic E-state index is 0.00649. The molecule has 25 heavy (non-hydrogen) atoms. The molecule has 3 heterocycles. The van der Waals surface area contributed by atoms with Crippen molar-refractivity contribution >= 4 is 17.2 Å². The fraction of sp³-hybridized carbons (Fsp3) is 0.389. The van der Waals surface area contributed by atoms with Crippen molar-refractivity contribution in [2.24, 2.45) is 0 Å². The van der Waals surface area contributed by atoms with E-state index < -0.39 is 0 Å². The maximum Gasteiger partial charge on any atom is 0.214 e. The van der Waals surface area contributed by atoms with Gasteiger partial charge in [0.1, 0.15) is 5.82 Å². The van der Waals surface area contributed by atoms with Gasteiger partial charge in [-0.1, -0.05) is 0 Å². The molecule has 1 saturated heterocycles. The molecule has 0 atom stereocenters. The lowest BCUT2D eigenvalue weighted by Gasteiger charge is -2.28. The van der Waals surface area contributed by atoms with E-state index in [1.54, 1.807) is 12.3 Å². The van der Waals surface area contributed by atoms with Crippen molar-refractivity contribution in [3.05, 3.63) is 41.7 Å². The third-order valence-corrected chi connectivity index (χ3v) is 3.90. The summed E-state index contributed by atoms with van der Waals surface area (Å²) in [5.74, 6) is 1.31. The van der Waals surface area contributed by atoms with Gasteiger partial charge >= 0.3 is 0 Å². The van der Waals surface area contributed by atoms with Crippen LogP contribution >= 0.6 is 0 Å². The van der Waals surface area contributed by atoms with Crippen LogP contribution in [0.5, 0.6) is 5.88 Å². The van der Waals surface area contributed by atoms with Crippen LogP contribution in [0, 0.1) is 5.41 Å². The molecular weight excluding hydrogens is 318 g/mol. The van der Waals surface area contributed by atoms with E-state index in [2.05, 4.69) is 14.9 Å². The summed E-state index contributed by atoms with van der Waals surface area (Å²) in [6.45, 7) is 6.84. The number of nitrogens with zero attached hydrogens (tertiary/aromatic N) is 3. The topological polar surface area (TPSA) is 97.3 Å². The summed E-state index contributed by atoms with van der Waals surface area (Å²) in [5.41, 5.74) is 8.17. The van der Waals surface area contributed by atoms with Gasteiger partial charge in [0.05, 0.1) is 36.9 Å². The second kappa shape index (κ2) is 7.48. The Bertz CT molecular complexity index is 757. The number of nitrogen functional groups attached to an aromatic ring is 1. The Morgan fingerprint density at radius 1 is 1.28 bits per heavy atom. The zero-order chi connectivity index (χ0) is 17.8. The standard InChI is InChI=1S/C18H23N5O2/c1-12(2)25-17-10-14(15(19)11-22-17)18(20)13-3-4-21-16(9-13)23-5-7-24-8-6-23/h3-4,9-12,20H,5-8,19H2,1-2H3. The molecule has 2 aromatic rings. The fourth-order valence-corrected chi connectivity index (χ4v) is 2.66. The van der Waals surface area contributed by atoms with E-state index in [1.807, 2.05) is 26.0 Å². The molecule has 0 spiro atoms. The zero-order valence-corrected chi connectivity index (χ0v) is 14.5. The quantitative estimate of drug-likeness (QED) is 0.808. The molecule has 0 amide bonds. The molecule has 1 fully saturated rings. The Kier molecular flexibility index (Phi) is 5.14. The van der Waals surface area contributed by atoms with Gasteiger partial charge in [0.15, 0.2) is 0 Å². The average Bonchev–Trinajstić information content (AvgIpc) is 2.63. The first-order chi connectivity index (χ1) is 12.0. The van der Waals surface area contributed by atoms with E-state index >= 15 is 0 Å². The number of pyridine rings is 2. The summed E-state index contributed by atoms with van der Waals surface area (Å²) in [6.07, 6.45) is 3.26. The van der Waals surface area contributed by atoms with Crippen LogP contribution in [0.15, 0.2) is 30.6 Å². The summed E-state index contributed by atoms with van der Waals surface area (Å²) < 4.78 is 11.0. The maximum atomic E-state index is 8.57. The number of nitrogens with two attached hydrogens (primary N) is 1. The first-order valence-corrected chi connectivity index (χ1v) is 8.35. The third-order valence-electron chi connectivity index (χ3n) is 3.90. The van der Waals surface area contributed by atoms with Gasteiger partial charge in [-0.25, -0.2) is 9.97 Å². The number of hydrogen-bond donors (Lipinski definition) is 2. The minimum absolute atomic E-state index is 0.00649. The maximum absolute atomic E-state index is 8.57. The summed E-state index contributed by atoms with van der Waals surface area (Å²) in [7, 11) is 0. The Labute approximate surface area is 147 Å². The van der Waals surface area contributed by atoms with Crippen molar-refractivity contribution in [1.29, 1.82) is 5.41 Å². The van der Waals surface area contributed by atoms with Gasteiger partial charge in [0.2, 0.25) is 5.88 Å². The molecule has 0 bridgehead atoms. The van der Waals surface area contributed by atoms with Crippen molar-refractivity contribution in [2.75, 3.05) is 36.9 Å². The van der Waals surface area contributed by atoms with Gasteiger partial charge in [0, 0.05) is 36.5 Å². The van der Waals surface area contributed by atoms with Crippen LogP contribution < -0.4 is 15.4 Å². The lowest BCUT2D eigenvalue weighted by atomic mass is 10.0. The number of rotatable bonds is 5.